The third-order valence-corrected chi connectivity index (χ3v) is 2.08. The highest BCUT2D eigenvalue weighted by atomic mass is 79.9. The van der Waals surface area contributed by atoms with Crippen LogP contribution < -0.4 is 4.74 Å². The van der Waals surface area contributed by atoms with Crippen molar-refractivity contribution in [1.29, 1.82) is 0 Å². The fraction of sp³-hybridized carbons (Fsp3) is 0.250. The topological polar surface area (TPSA) is 29.5 Å². The Morgan fingerprint density at radius 1 is 1.58 bits per heavy atom. The van der Waals surface area contributed by atoms with Crippen LogP contribution in [0.2, 0.25) is 0 Å². The van der Waals surface area contributed by atoms with E-state index in [4.69, 9.17) is 9.84 Å². The van der Waals surface area contributed by atoms with Gasteiger partial charge in [0.15, 0.2) is 0 Å². The molecule has 1 N–H and O–H groups in total. The molecule has 0 saturated heterocycles. The van der Waals surface area contributed by atoms with Gasteiger partial charge in [0, 0.05) is 12.1 Å². The van der Waals surface area contributed by atoms with Gasteiger partial charge in [0.2, 0.25) is 0 Å². The average Bonchev–Trinajstić information content (AvgIpc) is 2.01. The number of hydrogen-bond acceptors (Lipinski definition) is 2. The lowest BCUT2D eigenvalue weighted by molar-refractivity contribution is 0.335. The van der Waals surface area contributed by atoms with Gasteiger partial charge in [-0.15, -0.1) is 0 Å². The van der Waals surface area contributed by atoms with Crippen LogP contribution in [0, 0.1) is 5.82 Å². The molecular weight excluding hydrogens is 227 g/mol. The smallest absolute Gasteiger partial charge is 0.144 e. The molecule has 1 aromatic carbocycles. The summed E-state index contributed by atoms with van der Waals surface area (Å²) in [6.07, 6.45) is 0. The van der Waals surface area contributed by atoms with E-state index < -0.39 is 5.82 Å². The summed E-state index contributed by atoms with van der Waals surface area (Å²) in [7, 11) is 0. The minimum Gasteiger partial charge on any atom is -0.507 e. The lowest BCUT2D eigenvalue weighted by atomic mass is 10.3. The minimum absolute atomic E-state index is 0.0611. The van der Waals surface area contributed by atoms with E-state index in [1.807, 2.05) is 0 Å². The van der Waals surface area contributed by atoms with Crippen molar-refractivity contribution in [3.8, 4) is 11.5 Å². The summed E-state index contributed by atoms with van der Waals surface area (Å²) in [5.41, 5.74) is 0. The van der Waals surface area contributed by atoms with E-state index in [-0.39, 0.29) is 10.2 Å². The summed E-state index contributed by atoms with van der Waals surface area (Å²) in [6, 6.07) is 2.57. The first-order valence-electron chi connectivity index (χ1n) is 3.46. The van der Waals surface area contributed by atoms with Gasteiger partial charge in [0.25, 0.3) is 0 Å². The maximum atomic E-state index is 12.9. The van der Waals surface area contributed by atoms with Crippen molar-refractivity contribution in [3.05, 3.63) is 22.4 Å². The van der Waals surface area contributed by atoms with E-state index >= 15 is 0 Å². The molecule has 2 nitrogen and oxygen atoms in total. The minimum atomic E-state index is -0.529. The molecule has 0 radical (unpaired) electrons. The zero-order valence-corrected chi connectivity index (χ0v) is 8.06. The molecule has 0 heterocycles. The second kappa shape index (κ2) is 3.76. The zero-order chi connectivity index (χ0) is 9.14. The van der Waals surface area contributed by atoms with Crippen molar-refractivity contribution in [3.63, 3.8) is 0 Å². The number of benzene rings is 1. The van der Waals surface area contributed by atoms with Crippen molar-refractivity contribution >= 4 is 15.9 Å². The molecule has 0 unspecified atom stereocenters. The third-order valence-electron chi connectivity index (χ3n) is 1.29. The molecule has 4 heteroatoms. The molecule has 0 aliphatic heterocycles. The zero-order valence-electron chi connectivity index (χ0n) is 6.47. The normalized spacial score (nSPS) is 9.92. The first kappa shape index (κ1) is 9.32. The highest BCUT2D eigenvalue weighted by molar-refractivity contribution is 9.10. The molecule has 0 atom stereocenters. The van der Waals surface area contributed by atoms with Gasteiger partial charge < -0.3 is 9.84 Å². The lowest BCUT2D eigenvalue weighted by Gasteiger charge is -2.04. The number of phenolic OH excluding ortho intramolecular Hbond substituents is 1. The van der Waals surface area contributed by atoms with Crippen molar-refractivity contribution in [2.75, 3.05) is 6.61 Å². The Morgan fingerprint density at radius 3 is 2.75 bits per heavy atom. The van der Waals surface area contributed by atoms with E-state index in [2.05, 4.69) is 15.9 Å². The Hall–Kier alpha value is -0.770. The summed E-state index contributed by atoms with van der Waals surface area (Å²) < 4.78 is 17.9. The largest absolute Gasteiger partial charge is 0.507 e. The maximum absolute atomic E-state index is 12.9. The molecule has 0 amide bonds. The van der Waals surface area contributed by atoms with Gasteiger partial charge in [-0.25, -0.2) is 4.39 Å². The van der Waals surface area contributed by atoms with Crippen LogP contribution in [-0.4, -0.2) is 11.7 Å². The number of rotatable bonds is 2. The summed E-state index contributed by atoms with van der Waals surface area (Å²) in [4.78, 5) is 0. The van der Waals surface area contributed by atoms with E-state index in [1.54, 1.807) is 6.92 Å². The van der Waals surface area contributed by atoms with Crippen LogP contribution in [0.1, 0.15) is 6.92 Å². The van der Waals surface area contributed by atoms with Gasteiger partial charge in [0.1, 0.15) is 17.3 Å². The van der Waals surface area contributed by atoms with Gasteiger partial charge >= 0.3 is 0 Å². The van der Waals surface area contributed by atoms with Gasteiger partial charge in [-0.2, -0.15) is 0 Å². The van der Waals surface area contributed by atoms with Crippen molar-refractivity contribution in [2.45, 2.75) is 6.92 Å². The maximum Gasteiger partial charge on any atom is 0.144 e. The van der Waals surface area contributed by atoms with E-state index in [9.17, 15) is 4.39 Å². The highest BCUT2D eigenvalue weighted by Gasteiger charge is 2.07. The predicted molar refractivity (Wildman–Crippen MR) is 46.9 cm³/mol. The molecule has 0 spiro atoms. The quantitative estimate of drug-likeness (QED) is 0.853. The van der Waals surface area contributed by atoms with Gasteiger partial charge in [-0.1, -0.05) is 0 Å². The third kappa shape index (κ3) is 1.88. The lowest BCUT2D eigenvalue weighted by Crippen LogP contribution is -1.92. The average molecular weight is 235 g/mol. The molecule has 0 aliphatic carbocycles. The van der Waals surface area contributed by atoms with Crippen molar-refractivity contribution < 1.29 is 14.2 Å². The van der Waals surface area contributed by atoms with E-state index in [1.165, 1.54) is 12.1 Å². The summed E-state index contributed by atoms with van der Waals surface area (Å²) in [5, 5.41) is 9.14. The second-order valence-electron chi connectivity index (χ2n) is 2.17. The molecule has 12 heavy (non-hydrogen) atoms. The Morgan fingerprint density at radius 2 is 2.25 bits per heavy atom. The SMILES string of the molecule is CCOc1cc(O)c(Br)c(F)c1. The molecule has 66 valence electrons. The van der Waals surface area contributed by atoms with Crippen LogP contribution in [0.3, 0.4) is 0 Å². The Kier molecular flexibility index (Phi) is 2.92. The van der Waals surface area contributed by atoms with Crippen LogP contribution in [0.4, 0.5) is 4.39 Å². The number of halogens is 2. The van der Waals surface area contributed by atoms with Crippen molar-refractivity contribution in [2.24, 2.45) is 0 Å². The first-order chi connectivity index (χ1) is 5.65. The van der Waals surface area contributed by atoms with Gasteiger partial charge in [0.05, 0.1) is 11.1 Å². The van der Waals surface area contributed by atoms with Crippen LogP contribution in [0.25, 0.3) is 0 Å². The Bertz CT molecular complexity index is 265. The fourth-order valence-corrected chi connectivity index (χ4v) is 1.03. The van der Waals surface area contributed by atoms with Gasteiger partial charge in [-0.05, 0) is 22.9 Å². The molecule has 0 aromatic heterocycles. The molecule has 1 aromatic rings. The number of ether oxygens (including phenoxy) is 1. The van der Waals surface area contributed by atoms with Crippen LogP contribution in [0.5, 0.6) is 11.5 Å². The second-order valence-corrected chi connectivity index (χ2v) is 2.96. The summed E-state index contributed by atoms with van der Waals surface area (Å²) in [6.45, 7) is 2.23. The highest BCUT2D eigenvalue weighted by Crippen LogP contribution is 2.31. The predicted octanol–water partition coefficient (Wildman–Crippen LogP) is 2.69. The molecule has 0 fully saturated rings. The van der Waals surface area contributed by atoms with E-state index in [0.717, 1.165) is 0 Å². The summed E-state index contributed by atoms with van der Waals surface area (Å²) in [5.74, 6) is -0.354. The fourth-order valence-electron chi connectivity index (χ4n) is 0.800. The first-order valence-corrected chi connectivity index (χ1v) is 4.25. The number of aromatic hydroxyl groups is 1. The standard InChI is InChI=1S/C8H8BrFO2/c1-2-12-5-3-6(10)8(9)7(11)4-5/h3-4,11H,2H2,1H3. The van der Waals surface area contributed by atoms with Crippen molar-refractivity contribution in [1.82, 2.24) is 0 Å². The molecule has 0 saturated carbocycles. The summed E-state index contributed by atoms with van der Waals surface area (Å²) >= 11 is 2.88. The monoisotopic (exact) mass is 234 g/mol. The molecule has 0 bridgehead atoms. The van der Waals surface area contributed by atoms with E-state index in [0.29, 0.717) is 12.4 Å². The number of hydrogen-bond donors (Lipinski definition) is 1. The Balaban J connectivity index is 3.04. The van der Waals surface area contributed by atoms with Crippen LogP contribution >= 0.6 is 15.9 Å². The Labute approximate surface area is 78.1 Å². The molecular formula is C8H8BrFO2. The van der Waals surface area contributed by atoms with Gasteiger partial charge in [-0.3, -0.25) is 0 Å². The number of phenols is 1. The van der Waals surface area contributed by atoms with Crippen LogP contribution in [-0.2, 0) is 0 Å². The van der Waals surface area contributed by atoms with Crippen LogP contribution in [0.15, 0.2) is 16.6 Å². The molecule has 1 rings (SSSR count). The molecule has 0 aliphatic rings.